The van der Waals surface area contributed by atoms with Crippen molar-refractivity contribution < 1.29 is 14.2 Å². The molecule has 0 bridgehead atoms. The van der Waals surface area contributed by atoms with Gasteiger partial charge in [-0.3, -0.25) is 4.99 Å². The maximum atomic E-state index is 5.42. The van der Waals surface area contributed by atoms with Crippen LogP contribution in [-0.4, -0.2) is 64.6 Å². The van der Waals surface area contributed by atoms with E-state index >= 15 is 0 Å². The number of ether oxygens (including phenoxy) is 3. The lowest BCUT2D eigenvalue weighted by molar-refractivity contribution is 0.121. The highest BCUT2D eigenvalue weighted by Crippen LogP contribution is 2.32. The van der Waals surface area contributed by atoms with Crippen molar-refractivity contribution >= 4 is 29.9 Å². The third kappa shape index (κ3) is 6.69. The summed E-state index contributed by atoms with van der Waals surface area (Å²) in [6.45, 7) is 6.12. The van der Waals surface area contributed by atoms with Gasteiger partial charge in [0.25, 0.3) is 0 Å². The molecule has 1 saturated heterocycles. The highest BCUT2D eigenvalue weighted by Gasteiger charge is 2.19. The molecule has 0 unspecified atom stereocenters. The first kappa shape index (κ1) is 22.0. The average Bonchev–Trinajstić information content (AvgIpc) is 3.15. The Morgan fingerprint density at radius 1 is 1.22 bits per heavy atom. The van der Waals surface area contributed by atoms with E-state index in [1.54, 1.807) is 7.11 Å². The normalized spacial score (nSPS) is 17.5. The highest BCUT2D eigenvalue weighted by molar-refractivity contribution is 14.0. The van der Waals surface area contributed by atoms with Crippen molar-refractivity contribution in [2.75, 3.05) is 53.7 Å². The van der Waals surface area contributed by atoms with E-state index < -0.39 is 0 Å². The van der Waals surface area contributed by atoms with Gasteiger partial charge in [0.05, 0.1) is 6.61 Å². The standard InChI is InChI=1S/C19H30N4O3.HI/c1-20-19(21-12-15-5-7-23(8-6-15)9-10-24-2)22-13-16-3-4-17-18(11-16)26-14-25-17;/h3-4,11,15H,5-10,12-14H2,1-2H3,(H2,20,21,22);1H. The number of guanidine groups is 1. The van der Waals surface area contributed by atoms with Gasteiger partial charge in [-0.1, -0.05) is 6.07 Å². The number of likely N-dealkylation sites (tertiary alicyclic amines) is 1. The van der Waals surface area contributed by atoms with Crippen molar-refractivity contribution in [3.63, 3.8) is 0 Å². The van der Waals surface area contributed by atoms with E-state index in [9.17, 15) is 0 Å². The van der Waals surface area contributed by atoms with Gasteiger partial charge in [0.15, 0.2) is 17.5 Å². The van der Waals surface area contributed by atoms with E-state index in [0.717, 1.165) is 55.8 Å². The van der Waals surface area contributed by atoms with E-state index in [1.807, 2.05) is 25.2 Å². The molecular formula is C19H31IN4O3. The third-order valence-corrected chi connectivity index (χ3v) is 5.00. The lowest BCUT2D eigenvalue weighted by atomic mass is 9.97. The zero-order chi connectivity index (χ0) is 18.2. The number of nitrogens with zero attached hydrogens (tertiary/aromatic N) is 2. The first-order valence-electron chi connectivity index (χ1n) is 9.33. The Hall–Kier alpha value is -1.26. The number of nitrogens with one attached hydrogen (secondary N) is 2. The predicted octanol–water partition coefficient (Wildman–Crippen LogP) is 2.06. The number of fused-ring (bicyclic) bond motifs is 1. The summed E-state index contributed by atoms with van der Waals surface area (Å²) >= 11 is 0. The maximum Gasteiger partial charge on any atom is 0.231 e. The number of aliphatic imine (C=N–C) groups is 1. The molecule has 0 amide bonds. The van der Waals surface area contributed by atoms with E-state index in [4.69, 9.17) is 14.2 Å². The van der Waals surface area contributed by atoms with Crippen LogP contribution in [0.1, 0.15) is 18.4 Å². The predicted molar refractivity (Wildman–Crippen MR) is 117 cm³/mol. The second-order valence-corrected chi connectivity index (χ2v) is 6.77. The van der Waals surface area contributed by atoms with Crippen LogP contribution in [0.4, 0.5) is 0 Å². The summed E-state index contributed by atoms with van der Waals surface area (Å²) < 4.78 is 15.9. The second kappa shape index (κ2) is 11.6. The molecule has 7 nitrogen and oxygen atoms in total. The van der Waals surface area contributed by atoms with Crippen LogP contribution < -0.4 is 20.1 Å². The van der Waals surface area contributed by atoms with Crippen molar-refractivity contribution in [1.29, 1.82) is 0 Å². The summed E-state index contributed by atoms with van der Waals surface area (Å²) in [4.78, 5) is 6.81. The molecule has 3 rings (SSSR count). The summed E-state index contributed by atoms with van der Waals surface area (Å²) in [5.74, 6) is 3.16. The smallest absolute Gasteiger partial charge is 0.231 e. The summed E-state index contributed by atoms with van der Waals surface area (Å²) in [5, 5.41) is 6.83. The van der Waals surface area contributed by atoms with Gasteiger partial charge in [-0.25, -0.2) is 0 Å². The fraction of sp³-hybridized carbons (Fsp3) is 0.632. The summed E-state index contributed by atoms with van der Waals surface area (Å²) in [7, 11) is 3.57. The number of rotatable bonds is 7. The average molecular weight is 490 g/mol. The van der Waals surface area contributed by atoms with Gasteiger partial charge in [0, 0.05) is 33.8 Å². The molecule has 0 saturated carbocycles. The minimum atomic E-state index is 0. The Morgan fingerprint density at radius 2 is 2.00 bits per heavy atom. The summed E-state index contributed by atoms with van der Waals surface area (Å²) in [6.07, 6.45) is 2.44. The van der Waals surface area contributed by atoms with Crippen LogP contribution >= 0.6 is 24.0 Å². The monoisotopic (exact) mass is 490 g/mol. The number of hydrogen-bond acceptors (Lipinski definition) is 5. The molecule has 0 aromatic heterocycles. The fourth-order valence-corrected chi connectivity index (χ4v) is 3.33. The van der Waals surface area contributed by atoms with Crippen LogP contribution in [0.2, 0.25) is 0 Å². The Kier molecular flexibility index (Phi) is 9.43. The molecule has 1 aromatic rings. The number of methoxy groups -OCH3 is 1. The van der Waals surface area contributed by atoms with Gasteiger partial charge < -0.3 is 29.7 Å². The molecule has 8 heteroatoms. The number of halogens is 1. The first-order valence-corrected chi connectivity index (χ1v) is 9.33. The summed E-state index contributed by atoms with van der Waals surface area (Å²) in [5.41, 5.74) is 1.14. The van der Waals surface area contributed by atoms with Crippen LogP contribution in [0, 0.1) is 5.92 Å². The van der Waals surface area contributed by atoms with E-state index in [0.29, 0.717) is 19.3 Å². The molecular weight excluding hydrogens is 459 g/mol. The zero-order valence-electron chi connectivity index (χ0n) is 16.2. The molecule has 1 aromatic carbocycles. The SMILES string of the molecule is CN=C(NCc1ccc2c(c1)OCO2)NCC1CCN(CCOC)CC1.I. The van der Waals surface area contributed by atoms with Crippen molar-refractivity contribution in [1.82, 2.24) is 15.5 Å². The van der Waals surface area contributed by atoms with Gasteiger partial charge in [-0.2, -0.15) is 0 Å². The Morgan fingerprint density at radius 3 is 2.74 bits per heavy atom. The van der Waals surface area contributed by atoms with Crippen LogP contribution in [0.3, 0.4) is 0 Å². The lowest BCUT2D eigenvalue weighted by Gasteiger charge is -2.32. The van der Waals surface area contributed by atoms with E-state index in [2.05, 4.69) is 20.5 Å². The molecule has 0 atom stereocenters. The molecule has 2 aliphatic rings. The molecule has 2 aliphatic heterocycles. The van der Waals surface area contributed by atoms with Gasteiger partial charge in [0.2, 0.25) is 6.79 Å². The van der Waals surface area contributed by atoms with E-state index in [1.165, 1.54) is 12.8 Å². The molecule has 0 spiro atoms. The Bertz CT molecular complexity index is 607. The van der Waals surface area contributed by atoms with Crippen LogP contribution in [0.5, 0.6) is 11.5 Å². The van der Waals surface area contributed by atoms with Gasteiger partial charge in [-0.15, -0.1) is 24.0 Å². The van der Waals surface area contributed by atoms with Crippen molar-refractivity contribution in [2.24, 2.45) is 10.9 Å². The van der Waals surface area contributed by atoms with Crippen LogP contribution in [0.15, 0.2) is 23.2 Å². The van der Waals surface area contributed by atoms with Gasteiger partial charge in [-0.05, 0) is 49.5 Å². The molecule has 27 heavy (non-hydrogen) atoms. The molecule has 2 N–H and O–H groups in total. The summed E-state index contributed by atoms with van der Waals surface area (Å²) in [6, 6.07) is 6.01. The van der Waals surface area contributed by atoms with Crippen molar-refractivity contribution in [2.45, 2.75) is 19.4 Å². The molecule has 2 heterocycles. The van der Waals surface area contributed by atoms with Crippen molar-refractivity contribution in [3.05, 3.63) is 23.8 Å². The van der Waals surface area contributed by atoms with Crippen molar-refractivity contribution in [3.8, 4) is 11.5 Å². The number of benzene rings is 1. The van der Waals surface area contributed by atoms with Gasteiger partial charge in [0.1, 0.15) is 0 Å². The van der Waals surface area contributed by atoms with E-state index in [-0.39, 0.29) is 24.0 Å². The highest BCUT2D eigenvalue weighted by atomic mass is 127. The molecule has 152 valence electrons. The number of hydrogen-bond donors (Lipinski definition) is 2. The van der Waals surface area contributed by atoms with Gasteiger partial charge >= 0.3 is 0 Å². The maximum absolute atomic E-state index is 5.42. The molecule has 0 aliphatic carbocycles. The third-order valence-electron chi connectivity index (χ3n) is 5.00. The second-order valence-electron chi connectivity index (χ2n) is 6.77. The Balaban J connectivity index is 0.00000261. The minimum absolute atomic E-state index is 0. The van der Waals surface area contributed by atoms with Crippen LogP contribution in [-0.2, 0) is 11.3 Å². The quantitative estimate of drug-likeness (QED) is 0.347. The zero-order valence-corrected chi connectivity index (χ0v) is 18.5. The molecule has 0 radical (unpaired) electrons. The molecule has 1 fully saturated rings. The topological polar surface area (TPSA) is 67.4 Å². The largest absolute Gasteiger partial charge is 0.454 e. The fourth-order valence-electron chi connectivity index (χ4n) is 3.33. The van der Waals surface area contributed by atoms with Crippen LogP contribution in [0.25, 0.3) is 0 Å². The lowest BCUT2D eigenvalue weighted by Crippen LogP contribution is -2.43. The Labute approximate surface area is 178 Å². The minimum Gasteiger partial charge on any atom is -0.454 e. The first-order chi connectivity index (χ1) is 12.8. The number of piperidine rings is 1.